The molecule has 2 rings (SSSR count). The molecule has 0 bridgehead atoms. The van der Waals surface area contributed by atoms with Gasteiger partial charge in [0, 0.05) is 10.5 Å². The second-order valence-corrected chi connectivity index (χ2v) is 5.17. The van der Waals surface area contributed by atoms with Gasteiger partial charge in [0.25, 0.3) is 0 Å². The highest BCUT2D eigenvalue weighted by molar-refractivity contribution is 9.10. The number of carboxylic acid groups (broad SMARTS) is 1. The van der Waals surface area contributed by atoms with Crippen LogP contribution in [-0.4, -0.2) is 11.1 Å². The third-order valence-corrected chi connectivity index (χ3v) is 3.17. The molecular formula is C16H13BrO3. The minimum Gasteiger partial charge on any atom is -0.478 e. The van der Waals surface area contributed by atoms with E-state index in [1.54, 1.807) is 0 Å². The van der Waals surface area contributed by atoms with E-state index in [0.29, 0.717) is 5.75 Å². The molecule has 0 radical (unpaired) electrons. The third-order valence-electron chi connectivity index (χ3n) is 2.68. The summed E-state index contributed by atoms with van der Waals surface area (Å²) in [6.45, 7) is 1.98. The molecule has 0 aliphatic carbocycles. The smallest absolute Gasteiger partial charge is 0.328 e. The Morgan fingerprint density at radius 3 is 2.55 bits per heavy atom. The molecular weight excluding hydrogens is 320 g/mol. The minimum atomic E-state index is -0.963. The first-order valence-corrected chi connectivity index (χ1v) is 6.79. The lowest BCUT2D eigenvalue weighted by Gasteiger charge is -2.09. The first-order valence-electron chi connectivity index (χ1n) is 6.00. The molecule has 0 saturated heterocycles. The van der Waals surface area contributed by atoms with Crippen LogP contribution in [0.4, 0.5) is 0 Å². The van der Waals surface area contributed by atoms with E-state index in [1.165, 1.54) is 6.08 Å². The highest BCUT2D eigenvalue weighted by atomic mass is 79.9. The van der Waals surface area contributed by atoms with Crippen LogP contribution in [0.3, 0.4) is 0 Å². The molecule has 3 nitrogen and oxygen atoms in total. The highest BCUT2D eigenvalue weighted by Gasteiger charge is 2.02. The fraction of sp³-hybridized carbons (Fsp3) is 0.0625. The molecule has 0 amide bonds. The Hall–Kier alpha value is -2.07. The summed E-state index contributed by atoms with van der Waals surface area (Å²) >= 11 is 3.41. The van der Waals surface area contributed by atoms with Gasteiger partial charge in [0.1, 0.15) is 11.5 Å². The van der Waals surface area contributed by atoms with Crippen molar-refractivity contribution >= 4 is 28.0 Å². The second-order valence-electron chi connectivity index (χ2n) is 4.25. The van der Waals surface area contributed by atoms with Gasteiger partial charge in [0.05, 0.1) is 0 Å². The van der Waals surface area contributed by atoms with Gasteiger partial charge in [-0.2, -0.15) is 0 Å². The lowest BCUT2D eigenvalue weighted by Crippen LogP contribution is -1.88. The molecule has 2 aromatic rings. The van der Waals surface area contributed by atoms with E-state index in [4.69, 9.17) is 9.84 Å². The molecule has 102 valence electrons. The first-order chi connectivity index (χ1) is 9.54. The number of aryl methyl sites for hydroxylation is 1. The number of ether oxygens (including phenoxy) is 1. The van der Waals surface area contributed by atoms with Gasteiger partial charge in [-0.15, -0.1) is 0 Å². The van der Waals surface area contributed by atoms with Gasteiger partial charge in [-0.1, -0.05) is 34.1 Å². The van der Waals surface area contributed by atoms with E-state index in [1.807, 2.05) is 49.4 Å². The number of benzene rings is 2. The van der Waals surface area contributed by atoms with Crippen LogP contribution >= 0.6 is 15.9 Å². The van der Waals surface area contributed by atoms with Gasteiger partial charge in [0.2, 0.25) is 0 Å². The highest BCUT2D eigenvalue weighted by Crippen LogP contribution is 2.28. The number of halogens is 1. The maximum atomic E-state index is 10.4. The van der Waals surface area contributed by atoms with Gasteiger partial charge in [0.15, 0.2) is 0 Å². The number of carbonyl (C=O) groups is 1. The zero-order chi connectivity index (χ0) is 14.5. The summed E-state index contributed by atoms with van der Waals surface area (Å²) in [6, 6.07) is 13.1. The Morgan fingerprint density at radius 1 is 1.20 bits per heavy atom. The van der Waals surface area contributed by atoms with E-state index in [9.17, 15) is 4.79 Å². The van der Waals surface area contributed by atoms with Gasteiger partial charge in [-0.05, 0) is 48.4 Å². The van der Waals surface area contributed by atoms with Crippen LogP contribution < -0.4 is 4.74 Å². The van der Waals surface area contributed by atoms with Crippen molar-refractivity contribution < 1.29 is 14.6 Å². The SMILES string of the molecule is Cc1ccc(Br)cc1Oc1ccc(/C=C/C(=O)O)cc1. The van der Waals surface area contributed by atoms with Crippen molar-refractivity contribution in [3.8, 4) is 11.5 Å². The second kappa shape index (κ2) is 6.39. The maximum absolute atomic E-state index is 10.4. The Labute approximate surface area is 125 Å². The largest absolute Gasteiger partial charge is 0.478 e. The molecule has 2 aromatic carbocycles. The van der Waals surface area contributed by atoms with Crippen molar-refractivity contribution in [1.29, 1.82) is 0 Å². The first kappa shape index (κ1) is 14.3. The molecule has 0 atom stereocenters. The van der Waals surface area contributed by atoms with Crippen molar-refractivity contribution in [2.45, 2.75) is 6.92 Å². The molecule has 1 N–H and O–H groups in total. The van der Waals surface area contributed by atoms with Crippen molar-refractivity contribution in [3.63, 3.8) is 0 Å². The number of carboxylic acids is 1. The summed E-state index contributed by atoms with van der Waals surface area (Å²) in [5.74, 6) is 0.530. The van der Waals surface area contributed by atoms with E-state index >= 15 is 0 Å². The molecule has 0 aromatic heterocycles. The Morgan fingerprint density at radius 2 is 1.90 bits per heavy atom. The fourth-order valence-corrected chi connectivity index (χ4v) is 1.97. The van der Waals surface area contributed by atoms with Crippen LogP contribution in [0, 0.1) is 6.92 Å². The predicted molar refractivity (Wildman–Crippen MR) is 82.1 cm³/mol. The van der Waals surface area contributed by atoms with Crippen LogP contribution in [0.25, 0.3) is 6.08 Å². The lowest BCUT2D eigenvalue weighted by atomic mass is 10.2. The van der Waals surface area contributed by atoms with Gasteiger partial charge >= 0.3 is 5.97 Å². The standard InChI is InChI=1S/C16H13BrO3/c1-11-2-6-13(17)10-15(11)20-14-7-3-12(4-8-14)5-9-16(18)19/h2-10H,1H3,(H,18,19)/b9-5+. The molecule has 0 unspecified atom stereocenters. The maximum Gasteiger partial charge on any atom is 0.328 e. The topological polar surface area (TPSA) is 46.5 Å². The number of rotatable bonds is 4. The van der Waals surface area contributed by atoms with Crippen molar-refractivity contribution in [2.24, 2.45) is 0 Å². The lowest BCUT2D eigenvalue weighted by molar-refractivity contribution is -0.131. The Balaban J connectivity index is 2.14. The summed E-state index contributed by atoms with van der Waals surface area (Å²) < 4.78 is 6.76. The van der Waals surface area contributed by atoms with E-state index in [2.05, 4.69) is 15.9 Å². The fourth-order valence-electron chi connectivity index (χ4n) is 1.63. The monoisotopic (exact) mass is 332 g/mol. The molecule has 20 heavy (non-hydrogen) atoms. The minimum absolute atomic E-state index is 0.707. The number of hydrogen-bond acceptors (Lipinski definition) is 2. The molecule has 0 fully saturated rings. The number of hydrogen-bond donors (Lipinski definition) is 1. The van der Waals surface area contributed by atoms with E-state index in [0.717, 1.165) is 27.4 Å². The summed E-state index contributed by atoms with van der Waals surface area (Å²) in [4.78, 5) is 10.4. The summed E-state index contributed by atoms with van der Waals surface area (Å²) in [6.07, 6.45) is 2.64. The van der Waals surface area contributed by atoms with Crippen LogP contribution in [0.5, 0.6) is 11.5 Å². The molecule has 4 heteroatoms. The van der Waals surface area contributed by atoms with E-state index in [-0.39, 0.29) is 0 Å². The number of aliphatic carboxylic acids is 1. The third kappa shape index (κ3) is 3.96. The quantitative estimate of drug-likeness (QED) is 0.829. The molecule has 0 spiro atoms. The summed E-state index contributed by atoms with van der Waals surface area (Å²) in [7, 11) is 0. The van der Waals surface area contributed by atoms with Crippen LogP contribution in [0.15, 0.2) is 53.0 Å². The van der Waals surface area contributed by atoms with Crippen LogP contribution in [0.1, 0.15) is 11.1 Å². The Bertz CT molecular complexity index is 645. The Kier molecular flexibility index (Phi) is 4.58. The molecule has 0 aliphatic rings. The van der Waals surface area contributed by atoms with Crippen LogP contribution in [-0.2, 0) is 4.79 Å². The van der Waals surface area contributed by atoms with Crippen molar-refractivity contribution in [3.05, 3.63) is 64.1 Å². The molecule has 0 saturated carbocycles. The van der Waals surface area contributed by atoms with Crippen molar-refractivity contribution in [2.75, 3.05) is 0 Å². The van der Waals surface area contributed by atoms with Crippen molar-refractivity contribution in [1.82, 2.24) is 0 Å². The summed E-state index contributed by atoms with van der Waals surface area (Å²) in [5, 5.41) is 8.56. The van der Waals surface area contributed by atoms with Crippen LogP contribution in [0.2, 0.25) is 0 Å². The molecule has 0 aliphatic heterocycles. The van der Waals surface area contributed by atoms with Gasteiger partial charge < -0.3 is 9.84 Å². The van der Waals surface area contributed by atoms with Gasteiger partial charge in [-0.3, -0.25) is 0 Å². The average Bonchev–Trinajstić information content (AvgIpc) is 2.42. The zero-order valence-electron chi connectivity index (χ0n) is 10.8. The summed E-state index contributed by atoms with van der Waals surface area (Å²) in [5.41, 5.74) is 1.86. The van der Waals surface area contributed by atoms with Gasteiger partial charge in [-0.25, -0.2) is 4.79 Å². The zero-order valence-corrected chi connectivity index (χ0v) is 12.4. The predicted octanol–water partition coefficient (Wildman–Crippen LogP) is 4.65. The normalized spacial score (nSPS) is 10.7. The molecule has 0 heterocycles. The van der Waals surface area contributed by atoms with E-state index < -0.39 is 5.97 Å². The average molecular weight is 333 g/mol.